The molecular weight excluding hydrogens is 317 g/mol. The highest BCUT2D eigenvalue weighted by atomic mass is 19.1. The number of methoxy groups -OCH3 is 1. The maximum Gasteiger partial charge on any atom is 0.255 e. The highest BCUT2D eigenvalue weighted by Crippen LogP contribution is 2.24. The molecule has 1 unspecified atom stereocenters. The Hall–Kier alpha value is -3.14. The van der Waals surface area contributed by atoms with E-state index in [1.807, 2.05) is 36.4 Å². The molecule has 0 heterocycles. The lowest BCUT2D eigenvalue weighted by molar-refractivity contribution is 0.0940. The van der Waals surface area contributed by atoms with Crippen molar-refractivity contribution in [2.75, 3.05) is 7.11 Å². The first-order valence-electron chi connectivity index (χ1n) is 7.93. The van der Waals surface area contributed by atoms with Crippen LogP contribution in [0.1, 0.15) is 27.5 Å². The Morgan fingerprint density at radius 3 is 2.16 bits per heavy atom. The normalized spacial score (nSPS) is 11.6. The van der Waals surface area contributed by atoms with Crippen molar-refractivity contribution in [3.05, 3.63) is 101 Å². The molecule has 0 fully saturated rings. The molecule has 0 aliphatic heterocycles. The molecule has 0 radical (unpaired) electrons. The monoisotopic (exact) mass is 335 g/mol. The minimum Gasteiger partial charge on any atom is -0.496 e. The Morgan fingerprint density at radius 1 is 0.880 bits per heavy atom. The fraction of sp³-hybridized carbons (Fsp3) is 0.0952. The van der Waals surface area contributed by atoms with Gasteiger partial charge in [0, 0.05) is 0 Å². The van der Waals surface area contributed by atoms with Gasteiger partial charge in [-0.25, -0.2) is 4.39 Å². The predicted octanol–water partition coefficient (Wildman–Crippen LogP) is 4.35. The van der Waals surface area contributed by atoms with Crippen LogP contribution >= 0.6 is 0 Å². The molecule has 1 atom stereocenters. The number of para-hydroxylation sites is 1. The lowest BCUT2D eigenvalue weighted by atomic mass is 9.98. The average molecular weight is 335 g/mol. The van der Waals surface area contributed by atoms with Crippen molar-refractivity contribution in [1.29, 1.82) is 0 Å². The molecule has 4 heteroatoms. The van der Waals surface area contributed by atoms with E-state index in [0.29, 0.717) is 11.3 Å². The molecule has 0 saturated heterocycles. The van der Waals surface area contributed by atoms with Crippen LogP contribution in [0.3, 0.4) is 0 Å². The highest BCUT2D eigenvalue weighted by molar-refractivity contribution is 5.97. The second kappa shape index (κ2) is 7.62. The molecule has 3 nitrogen and oxygen atoms in total. The molecule has 0 bridgehead atoms. The molecule has 25 heavy (non-hydrogen) atoms. The molecule has 0 aromatic heterocycles. The van der Waals surface area contributed by atoms with Gasteiger partial charge >= 0.3 is 0 Å². The van der Waals surface area contributed by atoms with Crippen molar-refractivity contribution < 1.29 is 13.9 Å². The minimum absolute atomic E-state index is 0.254. The predicted molar refractivity (Wildman–Crippen MR) is 95.1 cm³/mol. The Morgan fingerprint density at radius 2 is 1.48 bits per heavy atom. The Kier molecular flexibility index (Phi) is 5.09. The van der Waals surface area contributed by atoms with E-state index >= 15 is 0 Å². The molecule has 0 aliphatic carbocycles. The van der Waals surface area contributed by atoms with Gasteiger partial charge in [0.25, 0.3) is 5.91 Å². The van der Waals surface area contributed by atoms with E-state index in [9.17, 15) is 9.18 Å². The highest BCUT2D eigenvalue weighted by Gasteiger charge is 2.19. The summed E-state index contributed by atoms with van der Waals surface area (Å²) in [6, 6.07) is 22.4. The molecule has 3 aromatic rings. The number of halogens is 1. The van der Waals surface area contributed by atoms with Crippen LogP contribution in [0, 0.1) is 5.82 Å². The second-order valence-electron chi connectivity index (χ2n) is 5.57. The summed E-state index contributed by atoms with van der Waals surface area (Å²) in [7, 11) is 1.53. The van der Waals surface area contributed by atoms with Gasteiger partial charge < -0.3 is 10.1 Å². The van der Waals surface area contributed by atoms with Gasteiger partial charge in [-0.1, -0.05) is 54.6 Å². The molecule has 3 rings (SSSR count). The maximum atomic E-state index is 13.3. The number of ether oxygens (including phenoxy) is 1. The Labute approximate surface area is 146 Å². The number of hydrogen-bond acceptors (Lipinski definition) is 2. The summed E-state index contributed by atoms with van der Waals surface area (Å²) >= 11 is 0. The zero-order chi connectivity index (χ0) is 17.6. The molecule has 1 amide bonds. The van der Waals surface area contributed by atoms with Crippen LogP contribution in [0.25, 0.3) is 0 Å². The first-order valence-corrected chi connectivity index (χ1v) is 7.93. The number of carbonyl (C=O) groups excluding carboxylic acids is 1. The maximum absolute atomic E-state index is 13.3. The van der Waals surface area contributed by atoms with Gasteiger partial charge in [-0.15, -0.1) is 0 Å². The second-order valence-corrected chi connectivity index (χ2v) is 5.57. The summed E-state index contributed by atoms with van der Waals surface area (Å²) in [5.41, 5.74) is 2.17. The first kappa shape index (κ1) is 16.7. The van der Waals surface area contributed by atoms with Crippen LogP contribution < -0.4 is 10.1 Å². The van der Waals surface area contributed by atoms with Crippen LogP contribution in [0.15, 0.2) is 78.9 Å². The van der Waals surface area contributed by atoms with Gasteiger partial charge in [-0.3, -0.25) is 4.79 Å². The van der Waals surface area contributed by atoms with E-state index in [0.717, 1.165) is 11.1 Å². The molecule has 126 valence electrons. The molecule has 0 spiro atoms. The van der Waals surface area contributed by atoms with E-state index in [-0.39, 0.29) is 17.8 Å². The molecule has 1 N–H and O–H groups in total. The van der Waals surface area contributed by atoms with Crippen molar-refractivity contribution in [2.45, 2.75) is 6.04 Å². The summed E-state index contributed by atoms with van der Waals surface area (Å²) in [4.78, 5) is 12.8. The third-order valence-electron chi connectivity index (χ3n) is 3.96. The van der Waals surface area contributed by atoms with Gasteiger partial charge in [0.2, 0.25) is 0 Å². The zero-order valence-electron chi connectivity index (χ0n) is 13.8. The molecule has 0 aliphatic rings. The van der Waals surface area contributed by atoms with Crippen LogP contribution in [-0.2, 0) is 0 Å². The molecule has 0 saturated carbocycles. The van der Waals surface area contributed by atoms with Crippen LogP contribution in [0.2, 0.25) is 0 Å². The Balaban J connectivity index is 1.95. The topological polar surface area (TPSA) is 38.3 Å². The van der Waals surface area contributed by atoms with E-state index in [1.54, 1.807) is 30.3 Å². The summed E-state index contributed by atoms with van der Waals surface area (Å²) in [5.74, 6) is -0.0619. The quantitative estimate of drug-likeness (QED) is 0.752. The average Bonchev–Trinajstić information content (AvgIpc) is 2.67. The smallest absolute Gasteiger partial charge is 0.255 e. The van der Waals surface area contributed by atoms with Crippen LogP contribution in [0.5, 0.6) is 5.75 Å². The molecule has 3 aromatic carbocycles. The van der Waals surface area contributed by atoms with Crippen LogP contribution in [-0.4, -0.2) is 13.0 Å². The third-order valence-corrected chi connectivity index (χ3v) is 3.96. The zero-order valence-corrected chi connectivity index (χ0v) is 13.8. The number of amides is 1. The number of benzene rings is 3. The minimum atomic E-state index is -0.390. The standard InChI is InChI=1S/C21H18FNO2/c1-25-19-10-6-5-9-18(19)21(24)23-20(15-7-3-2-4-8-15)16-11-13-17(22)14-12-16/h2-14,20H,1H3,(H,23,24). The first-order chi connectivity index (χ1) is 12.2. The summed E-state index contributed by atoms with van der Waals surface area (Å²) < 4.78 is 18.5. The fourth-order valence-electron chi connectivity index (χ4n) is 2.70. The number of nitrogens with one attached hydrogen (secondary N) is 1. The van der Waals surface area contributed by atoms with Gasteiger partial charge in [-0.05, 0) is 35.4 Å². The molecular formula is C21H18FNO2. The van der Waals surface area contributed by atoms with Crippen molar-refractivity contribution in [1.82, 2.24) is 5.32 Å². The van der Waals surface area contributed by atoms with Gasteiger partial charge in [0.1, 0.15) is 11.6 Å². The number of rotatable bonds is 5. The van der Waals surface area contributed by atoms with Gasteiger partial charge in [-0.2, -0.15) is 0 Å². The van der Waals surface area contributed by atoms with E-state index in [4.69, 9.17) is 4.74 Å². The number of carbonyl (C=O) groups is 1. The van der Waals surface area contributed by atoms with Crippen molar-refractivity contribution >= 4 is 5.91 Å². The third kappa shape index (κ3) is 3.86. The fourth-order valence-corrected chi connectivity index (χ4v) is 2.70. The van der Waals surface area contributed by atoms with E-state index in [1.165, 1.54) is 19.2 Å². The summed E-state index contributed by atoms with van der Waals surface area (Å²) in [5, 5.41) is 3.02. The van der Waals surface area contributed by atoms with Gasteiger partial charge in [0.15, 0.2) is 0 Å². The number of hydrogen-bond donors (Lipinski definition) is 1. The SMILES string of the molecule is COc1ccccc1C(=O)NC(c1ccccc1)c1ccc(F)cc1. The van der Waals surface area contributed by atoms with Crippen molar-refractivity contribution in [2.24, 2.45) is 0 Å². The van der Waals surface area contributed by atoms with E-state index < -0.39 is 0 Å². The summed E-state index contributed by atoms with van der Waals surface area (Å²) in [6.07, 6.45) is 0. The van der Waals surface area contributed by atoms with Crippen molar-refractivity contribution in [3.63, 3.8) is 0 Å². The van der Waals surface area contributed by atoms with Gasteiger partial charge in [0.05, 0.1) is 18.7 Å². The summed E-state index contributed by atoms with van der Waals surface area (Å²) in [6.45, 7) is 0. The lowest BCUT2D eigenvalue weighted by Gasteiger charge is -2.20. The lowest BCUT2D eigenvalue weighted by Crippen LogP contribution is -2.29. The van der Waals surface area contributed by atoms with Crippen molar-refractivity contribution in [3.8, 4) is 5.75 Å². The Bertz CT molecular complexity index is 847. The van der Waals surface area contributed by atoms with E-state index in [2.05, 4.69) is 5.32 Å². The largest absolute Gasteiger partial charge is 0.496 e. The van der Waals surface area contributed by atoms with Crippen LogP contribution in [0.4, 0.5) is 4.39 Å².